The molecule has 0 spiro atoms. The molecule has 4 saturated carbocycles. The molecule has 12 atom stereocenters. The summed E-state index contributed by atoms with van der Waals surface area (Å²) in [5, 5.41) is 19.7. The molecule has 5 fully saturated rings. The van der Waals surface area contributed by atoms with Crippen molar-refractivity contribution in [3.63, 3.8) is 0 Å². The third kappa shape index (κ3) is 4.64. The maximum atomic E-state index is 13.9. The standard InChI is InChI=1S/C27H44O4.C2H6.C2H2/c1-15(14-28)5-8-22-16(2)25-23(31-22)12-21-19-7-6-17-11-18(29)9-10-26(17,3)20(19)13-24(30)27(21,25)4;2*1-2/h15-23,25,28-29H,5-14H2,1-4H3;1-2H3;1-2H/t15-,16-,17?,18?,19?,20?,21?,22?,23+,25?,26?,27?;;/m1../s1. The van der Waals surface area contributed by atoms with Crippen molar-refractivity contribution in [3.05, 3.63) is 0 Å². The van der Waals surface area contributed by atoms with Crippen LogP contribution in [0.25, 0.3) is 0 Å². The van der Waals surface area contributed by atoms with Crippen LogP contribution in [0.5, 0.6) is 0 Å². The van der Waals surface area contributed by atoms with Gasteiger partial charge in [0.15, 0.2) is 0 Å². The number of aliphatic hydroxyl groups is 2. The molecule has 2 N–H and O–H groups in total. The van der Waals surface area contributed by atoms with E-state index in [1.807, 2.05) is 13.8 Å². The molecule has 4 nitrogen and oxygen atoms in total. The van der Waals surface area contributed by atoms with Gasteiger partial charge in [-0.3, -0.25) is 4.79 Å². The molecular formula is C31H52O4. The molecule has 0 aromatic heterocycles. The molecule has 4 heteroatoms. The van der Waals surface area contributed by atoms with Crippen molar-refractivity contribution in [1.82, 2.24) is 0 Å². The topological polar surface area (TPSA) is 66.8 Å². The smallest absolute Gasteiger partial charge is 0.139 e. The van der Waals surface area contributed by atoms with E-state index >= 15 is 0 Å². The lowest BCUT2D eigenvalue weighted by Crippen LogP contribution is -2.57. The summed E-state index contributed by atoms with van der Waals surface area (Å²) in [6.45, 7) is 13.4. The average Bonchev–Trinajstić information content (AvgIpc) is 3.35. The van der Waals surface area contributed by atoms with E-state index in [1.54, 1.807) is 0 Å². The molecule has 5 aliphatic rings. The number of terminal acetylenes is 1. The van der Waals surface area contributed by atoms with Crippen molar-refractivity contribution in [2.45, 2.75) is 118 Å². The Bertz CT molecular complexity index is 748. The summed E-state index contributed by atoms with van der Waals surface area (Å²) in [6, 6.07) is 0. The number of Topliss-reactive ketones (excluding diaryl/α,β-unsaturated/α-hetero) is 1. The largest absolute Gasteiger partial charge is 0.396 e. The Morgan fingerprint density at radius 2 is 1.80 bits per heavy atom. The number of rotatable bonds is 4. The zero-order valence-electron chi connectivity index (χ0n) is 23.2. The van der Waals surface area contributed by atoms with Gasteiger partial charge in [0.05, 0.1) is 18.3 Å². The highest BCUT2D eigenvalue weighted by Gasteiger charge is 2.68. The van der Waals surface area contributed by atoms with E-state index in [4.69, 9.17) is 4.74 Å². The molecular weight excluding hydrogens is 436 g/mol. The number of ketones is 1. The SMILES string of the molecule is C#C.CC.C[C@@H](CO)CCC1O[C@H]2CC3C4CCC5CC(O)CCC5(C)C4CC(=O)C3(C)C2[C@@H]1C. The van der Waals surface area contributed by atoms with Gasteiger partial charge in [0, 0.05) is 24.4 Å². The van der Waals surface area contributed by atoms with Gasteiger partial charge in [0.1, 0.15) is 5.78 Å². The Labute approximate surface area is 215 Å². The van der Waals surface area contributed by atoms with E-state index in [0.29, 0.717) is 47.2 Å². The number of fused-ring (bicyclic) bond motifs is 7. The maximum absolute atomic E-state index is 13.9. The minimum absolute atomic E-state index is 0.134. The van der Waals surface area contributed by atoms with Crippen molar-refractivity contribution >= 4 is 5.78 Å². The van der Waals surface area contributed by atoms with Crippen LogP contribution in [0, 0.1) is 65.1 Å². The highest BCUT2D eigenvalue weighted by molar-refractivity contribution is 5.87. The third-order valence-electron chi connectivity index (χ3n) is 11.3. The second kappa shape index (κ2) is 11.2. The van der Waals surface area contributed by atoms with Gasteiger partial charge in [-0.25, -0.2) is 0 Å². The highest BCUT2D eigenvalue weighted by Crippen LogP contribution is 2.69. The molecule has 200 valence electrons. The lowest BCUT2D eigenvalue weighted by Gasteiger charge is -2.60. The fraction of sp³-hybridized carbons (Fsp3) is 0.903. The fourth-order valence-corrected chi connectivity index (χ4v) is 9.47. The molecule has 0 aromatic carbocycles. The van der Waals surface area contributed by atoms with Crippen molar-refractivity contribution in [2.75, 3.05) is 6.61 Å². The summed E-state index contributed by atoms with van der Waals surface area (Å²) in [6.07, 6.45) is 17.5. The normalized spacial score (nSPS) is 48.6. The van der Waals surface area contributed by atoms with Crippen LogP contribution in [0.2, 0.25) is 0 Å². The zero-order valence-corrected chi connectivity index (χ0v) is 23.2. The summed E-state index contributed by atoms with van der Waals surface area (Å²) in [5.41, 5.74) is 0.00620. The van der Waals surface area contributed by atoms with Gasteiger partial charge in [-0.1, -0.05) is 41.5 Å². The van der Waals surface area contributed by atoms with Crippen LogP contribution in [0.15, 0.2) is 0 Å². The number of carbonyl (C=O) groups is 1. The summed E-state index contributed by atoms with van der Waals surface area (Å²) < 4.78 is 6.66. The van der Waals surface area contributed by atoms with Crippen molar-refractivity contribution in [3.8, 4) is 12.8 Å². The van der Waals surface area contributed by atoms with Gasteiger partial charge in [-0.05, 0) is 92.3 Å². The van der Waals surface area contributed by atoms with Gasteiger partial charge < -0.3 is 14.9 Å². The van der Waals surface area contributed by atoms with E-state index < -0.39 is 0 Å². The quantitative estimate of drug-likeness (QED) is 0.485. The molecule has 9 unspecified atom stereocenters. The first-order chi connectivity index (χ1) is 16.7. The van der Waals surface area contributed by atoms with Gasteiger partial charge in [0.25, 0.3) is 0 Å². The Morgan fingerprint density at radius 1 is 1.11 bits per heavy atom. The van der Waals surface area contributed by atoms with E-state index in [-0.39, 0.29) is 35.7 Å². The molecule has 1 saturated heterocycles. The number of ether oxygens (including phenoxy) is 1. The van der Waals surface area contributed by atoms with E-state index in [2.05, 4.69) is 40.5 Å². The van der Waals surface area contributed by atoms with Gasteiger partial charge in [0.2, 0.25) is 0 Å². The molecule has 5 rings (SSSR count). The first-order valence-electron chi connectivity index (χ1n) is 14.5. The number of aliphatic hydroxyl groups excluding tert-OH is 2. The molecule has 0 bridgehead atoms. The number of hydrogen-bond donors (Lipinski definition) is 2. The maximum Gasteiger partial charge on any atom is 0.139 e. The predicted molar refractivity (Wildman–Crippen MR) is 142 cm³/mol. The molecule has 4 aliphatic carbocycles. The Balaban J connectivity index is 0.000000815. The van der Waals surface area contributed by atoms with Crippen molar-refractivity contribution < 1.29 is 19.7 Å². The lowest BCUT2D eigenvalue weighted by molar-refractivity contribution is -0.160. The zero-order chi connectivity index (χ0) is 26.1. The molecule has 1 heterocycles. The highest BCUT2D eigenvalue weighted by atomic mass is 16.5. The van der Waals surface area contributed by atoms with E-state index in [9.17, 15) is 15.0 Å². The molecule has 0 amide bonds. The van der Waals surface area contributed by atoms with Crippen molar-refractivity contribution in [2.24, 2.45) is 52.3 Å². The molecule has 0 aromatic rings. The first kappa shape index (κ1) is 28.7. The Morgan fingerprint density at radius 3 is 2.46 bits per heavy atom. The lowest BCUT2D eigenvalue weighted by atomic mass is 9.44. The van der Waals surface area contributed by atoms with Crippen molar-refractivity contribution in [1.29, 1.82) is 0 Å². The molecule has 1 aliphatic heterocycles. The fourth-order valence-electron chi connectivity index (χ4n) is 9.47. The van der Waals surface area contributed by atoms with Gasteiger partial charge in [-0.2, -0.15) is 0 Å². The van der Waals surface area contributed by atoms with Crippen LogP contribution in [0.4, 0.5) is 0 Å². The second-order valence-electron chi connectivity index (χ2n) is 12.7. The van der Waals surface area contributed by atoms with Crippen LogP contribution >= 0.6 is 0 Å². The minimum atomic E-state index is -0.222. The van der Waals surface area contributed by atoms with Crippen LogP contribution in [-0.4, -0.2) is 40.9 Å². The van der Waals surface area contributed by atoms with E-state index in [0.717, 1.165) is 44.9 Å². The summed E-state index contributed by atoms with van der Waals surface area (Å²) in [4.78, 5) is 13.9. The summed E-state index contributed by atoms with van der Waals surface area (Å²) in [7, 11) is 0. The van der Waals surface area contributed by atoms with Crippen LogP contribution < -0.4 is 0 Å². The van der Waals surface area contributed by atoms with E-state index in [1.165, 1.54) is 12.8 Å². The third-order valence-corrected chi connectivity index (χ3v) is 11.3. The van der Waals surface area contributed by atoms with Crippen LogP contribution in [0.1, 0.15) is 99.3 Å². The minimum Gasteiger partial charge on any atom is -0.396 e. The van der Waals surface area contributed by atoms with Crippen LogP contribution in [-0.2, 0) is 9.53 Å². The monoisotopic (exact) mass is 488 g/mol. The summed E-state index contributed by atoms with van der Waals surface area (Å²) in [5.74, 6) is 3.82. The summed E-state index contributed by atoms with van der Waals surface area (Å²) >= 11 is 0. The van der Waals surface area contributed by atoms with Gasteiger partial charge >= 0.3 is 0 Å². The second-order valence-corrected chi connectivity index (χ2v) is 12.7. The number of carbonyl (C=O) groups excluding carboxylic acids is 1. The van der Waals surface area contributed by atoms with Gasteiger partial charge in [-0.15, -0.1) is 12.8 Å². The molecule has 0 radical (unpaired) electrons. The average molecular weight is 489 g/mol. The Kier molecular flexibility index (Phi) is 9.21. The number of hydrogen-bond acceptors (Lipinski definition) is 4. The predicted octanol–water partition coefficient (Wildman–Crippen LogP) is 5.88. The molecule has 35 heavy (non-hydrogen) atoms. The first-order valence-corrected chi connectivity index (χ1v) is 14.5. The Hall–Kier alpha value is -0.890. The van der Waals surface area contributed by atoms with Crippen LogP contribution in [0.3, 0.4) is 0 Å².